The summed E-state index contributed by atoms with van der Waals surface area (Å²) in [7, 11) is 0. The molecule has 7 heteroatoms. The maximum absolute atomic E-state index is 7.54. The zero-order chi connectivity index (χ0) is 12.5. The van der Waals surface area contributed by atoms with Crippen molar-refractivity contribution in [2.75, 3.05) is 0 Å². The standard InChI is InChI=1S/C11H9N7/c12-10(13)7-5-6-14-16-11(7)18-9-4-2-1-3-8(9)15-17-18/h1-6H,(H3,12,13). The number of rotatable bonds is 2. The number of amidine groups is 1. The first-order valence-corrected chi connectivity index (χ1v) is 5.24. The van der Waals surface area contributed by atoms with Crippen LogP contribution in [0.15, 0.2) is 36.5 Å². The third-order valence-electron chi connectivity index (χ3n) is 2.54. The molecular weight excluding hydrogens is 230 g/mol. The molecule has 7 nitrogen and oxygen atoms in total. The summed E-state index contributed by atoms with van der Waals surface area (Å²) in [6.07, 6.45) is 1.49. The summed E-state index contributed by atoms with van der Waals surface area (Å²) in [4.78, 5) is 0. The molecule has 0 aliphatic rings. The first-order valence-electron chi connectivity index (χ1n) is 5.24. The number of para-hydroxylation sites is 1. The van der Waals surface area contributed by atoms with Crippen molar-refractivity contribution in [2.45, 2.75) is 0 Å². The van der Waals surface area contributed by atoms with Gasteiger partial charge in [-0.25, -0.2) is 0 Å². The molecule has 0 saturated carbocycles. The Balaban J connectivity index is 2.30. The maximum Gasteiger partial charge on any atom is 0.188 e. The molecule has 88 valence electrons. The zero-order valence-electron chi connectivity index (χ0n) is 9.28. The molecule has 3 aromatic rings. The highest BCUT2D eigenvalue weighted by molar-refractivity contribution is 5.98. The minimum atomic E-state index is -0.0838. The quantitative estimate of drug-likeness (QED) is 0.500. The highest BCUT2D eigenvalue weighted by atomic mass is 15.5. The Hall–Kier alpha value is -2.83. The second kappa shape index (κ2) is 3.88. The lowest BCUT2D eigenvalue weighted by molar-refractivity contribution is 0.778. The fourth-order valence-electron chi connectivity index (χ4n) is 1.72. The van der Waals surface area contributed by atoms with Gasteiger partial charge in [-0.3, -0.25) is 5.41 Å². The predicted molar refractivity (Wildman–Crippen MR) is 65.5 cm³/mol. The predicted octanol–water partition coefficient (Wildman–Crippen LogP) is 0.495. The first-order chi connectivity index (χ1) is 8.77. The second-order valence-electron chi connectivity index (χ2n) is 3.67. The van der Waals surface area contributed by atoms with E-state index in [2.05, 4.69) is 20.5 Å². The second-order valence-corrected chi connectivity index (χ2v) is 3.67. The molecule has 0 aliphatic heterocycles. The van der Waals surface area contributed by atoms with Crippen LogP contribution in [0.1, 0.15) is 5.56 Å². The van der Waals surface area contributed by atoms with Crippen LogP contribution in [0.2, 0.25) is 0 Å². The van der Waals surface area contributed by atoms with Gasteiger partial charge in [-0.05, 0) is 18.2 Å². The van der Waals surface area contributed by atoms with Crippen molar-refractivity contribution < 1.29 is 0 Å². The van der Waals surface area contributed by atoms with E-state index in [0.717, 1.165) is 11.0 Å². The third kappa shape index (κ3) is 1.49. The van der Waals surface area contributed by atoms with Gasteiger partial charge in [-0.2, -0.15) is 9.78 Å². The van der Waals surface area contributed by atoms with Gasteiger partial charge in [0.1, 0.15) is 11.4 Å². The van der Waals surface area contributed by atoms with Gasteiger partial charge >= 0.3 is 0 Å². The van der Waals surface area contributed by atoms with Crippen molar-refractivity contribution in [3.63, 3.8) is 0 Å². The van der Waals surface area contributed by atoms with E-state index in [1.807, 2.05) is 24.3 Å². The van der Waals surface area contributed by atoms with Crippen LogP contribution in [0.3, 0.4) is 0 Å². The Kier molecular flexibility index (Phi) is 2.23. The maximum atomic E-state index is 7.54. The fraction of sp³-hybridized carbons (Fsp3) is 0. The SMILES string of the molecule is N=C(N)c1ccnnc1-n1nnc2ccccc21. The lowest BCUT2D eigenvalue weighted by atomic mass is 10.2. The minimum Gasteiger partial charge on any atom is -0.384 e. The normalized spacial score (nSPS) is 10.7. The summed E-state index contributed by atoms with van der Waals surface area (Å²) in [6, 6.07) is 9.10. The number of hydrogen-bond acceptors (Lipinski definition) is 5. The van der Waals surface area contributed by atoms with Gasteiger partial charge in [-0.1, -0.05) is 17.3 Å². The molecule has 1 aromatic carbocycles. The third-order valence-corrected chi connectivity index (χ3v) is 2.54. The van der Waals surface area contributed by atoms with Crippen LogP contribution < -0.4 is 5.73 Å². The molecule has 0 atom stereocenters. The van der Waals surface area contributed by atoms with E-state index in [-0.39, 0.29) is 5.84 Å². The Morgan fingerprint density at radius 3 is 2.83 bits per heavy atom. The number of hydrogen-bond donors (Lipinski definition) is 2. The van der Waals surface area contributed by atoms with Gasteiger partial charge < -0.3 is 5.73 Å². The summed E-state index contributed by atoms with van der Waals surface area (Å²) < 4.78 is 1.53. The van der Waals surface area contributed by atoms with Gasteiger partial charge in [-0.15, -0.1) is 10.2 Å². The van der Waals surface area contributed by atoms with Gasteiger partial charge in [0.25, 0.3) is 0 Å². The molecule has 0 bridgehead atoms. The largest absolute Gasteiger partial charge is 0.384 e. The number of benzene rings is 1. The average molecular weight is 239 g/mol. The minimum absolute atomic E-state index is 0.0838. The molecule has 2 heterocycles. The van der Waals surface area contributed by atoms with Crippen LogP contribution in [0.25, 0.3) is 16.9 Å². The molecule has 18 heavy (non-hydrogen) atoms. The Morgan fingerprint density at radius 1 is 1.17 bits per heavy atom. The van der Waals surface area contributed by atoms with Gasteiger partial charge in [0, 0.05) is 0 Å². The molecule has 3 N–H and O–H groups in total. The number of nitrogens with one attached hydrogen (secondary N) is 1. The molecule has 0 radical (unpaired) electrons. The van der Waals surface area contributed by atoms with Crippen LogP contribution in [-0.4, -0.2) is 31.0 Å². The van der Waals surface area contributed by atoms with E-state index >= 15 is 0 Å². The van der Waals surface area contributed by atoms with E-state index in [0.29, 0.717) is 11.4 Å². The van der Waals surface area contributed by atoms with E-state index in [1.165, 1.54) is 10.9 Å². The number of nitrogens with two attached hydrogens (primary N) is 1. The van der Waals surface area contributed by atoms with Crippen LogP contribution in [0.5, 0.6) is 0 Å². The highest BCUT2D eigenvalue weighted by Gasteiger charge is 2.13. The molecule has 0 spiro atoms. The smallest absolute Gasteiger partial charge is 0.188 e. The van der Waals surface area contributed by atoms with Crippen molar-refractivity contribution in [3.05, 3.63) is 42.1 Å². The lowest BCUT2D eigenvalue weighted by Crippen LogP contribution is -2.17. The van der Waals surface area contributed by atoms with Crippen molar-refractivity contribution in [1.29, 1.82) is 5.41 Å². The summed E-state index contributed by atoms with van der Waals surface area (Å²) in [5.74, 6) is 0.318. The molecule has 0 unspecified atom stereocenters. The monoisotopic (exact) mass is 239 g/mol. The van der Waals surface area contributed by atoms with Crippen molar-refractivity contribution in [1.82, 2.24) is 25.2 Å². The topological polar surface area (TPSA) is 106 Å². The summed E-state index contributed by atoms with van der Waals surface area (Å²) >= 11 is 0. The van der Waals surface area contributed by atoms with E-state index in [1.54, 1.807) is 6.07 Å². The first kappa shape index (κ1) is 10.3. The van der Waals surface area contributed by atoms with Crippen LogP contribution in [0, 0.1) is 5.41 Å². The van der Waals surface area contributed by atoms with Crippen molar-refractivity contribution in [2.24, 2.45) is 5.73 Å². The molecule has 0 amide bonds. The van der Waals surface area contributed by atoms with Gasteiger partial charge in [0.2, 0.25) is 0 Å². The molecule has 3 rings (SSSR count). The summed E-state index contributed by atoms with van der Waals surface area (Å²) in [6.45, 7) is 0. The van der Waals surface area contributed by atoms with E-state index < -0.39 is 0 Å². The summed E-state index contributed by atoms with van der Waals surface area (Å²) in [5.41, 5.74) is 7.53. The van der Waals surface area contributed by atoms with E-state index in [4.69, 9.17) is 11.1 Å². The number of nitrogens with zero attached hydrogens (tertiary/aromatic N) is 5. The highest BCUT2D eigenvalue weighted by Crippen LogP contribution is 2.16. The van der Waals surface area contributed by atoms with Gasteiger partial charge in [0.05, 0.1) is 17.3 Å². The lowest BCUT2D eigenvalue weighted by Gasteiger charge is -2.05. The Morgan fingerprint density at radius 2 is 2.00 bits per heavy atom. The molecule has 0 fully saturated rings. The zero-order valence-corrected chi connectivity index (χ0v) is 9.28. The number of fused-ring (bicyclic) bond motifs is 1. The molecule has 0 aliphatic carbocycles. The van der Waals surface area contributed by atoms with Gasteiger partial charge in [0.15, 0.2) is 5.82 Å². The van der Waals surface area contributed by atoms with Crippen molar-refractivity contribution in [3.8, 4) is 5.82 Å². The fourth-order valence-corrected chi connectivity index (χ4v) is 1.72. The molecular formula is C11H9N7. The number of aromatic nitrogens is 5. The van der Waals surface area contributed by atoms with Crippen LogP contribution in [0.4, 0.5) is 0 Å². The molecule has 0 saturated heterocycles. The summed E-state index contributed by atoms with van der Waals surface area (Å²) in [5, 5.41) is 23.4. The van der Waals surface area contributed by atoms with E-state index in [9.17, 15) is 0 Å². The van der Waals surface area contributed by atoms with Crippen molar-refractivity contribution >= 4 is 16.9 Å². The Labute approximate surface area is 102 Å². The number of nitrogen functional groups attached to an aromatic ring is 1. The average Bonchev–Trinajstić information content (AvgIpc) is 2.82. The Bertz CT molecular complexity index is 731. The van der Waals surface area contributed by atoms with Crippen LogP contribution in [-0.2, 0) is 0 Å². The molecule has 2 aromatic heterocycles. The van der Waals surface area contributed by atoms with Crippen LogP contribution >= 0.6 is 0 Å².